The molecule has 0 bridgehead atoms. The van der Waals surface area contributed by atoms with Crippen molar-refractivity contribution in [3.63, 3.8) is 0 Å². The highest BCUT2D eigenvalue weighted by molar-refractivity contribution is 6.04. The quantitative estimate of drug-likeness (QED) is 0.415. The summed E-state index contributed by atoms with van der Waals surface area (Å²) in [5.41, 5.74) is 1.96. The fourth-order valence-corrected chi connectivity index (χ4v) is 8.11. The van der Waals surface area contributed by atoms with E-state index in [4.69, 9.17) is 14.5 Å². The molecule has 4 heterocycles. The first kappa shape index (κ1) is 32.2. The zero-order valence-electron chi connectivity index (χ0n) is 28.2. The summed E-state index contributed by atoms with van der Waals surface area (Å²) in [6.45, 7) is 9.34. The average molecular weight is 646 g/mol. The number of aromatic nitrogens is 1. The molecule has 1 atom stereocenters. The van der Waals surface area contributed by atoms with Gasteiger partial charge in [-0.1, -0.05) is 6.07 Å². The Morgan fingerprint density at radius 1 is 0.957 bits per heavy atom. The molecular weight excluding hydrogens is 594 g/mol. The van der Waals surface area contributed by atoms with Crippen LogP contribution < -0.4 is 25.2 Å². The number of methoxy groups -OCH3 is 1. The van der Waals surface area contributed by atoms with Gasteiger partial charge >= 0.3 is 0 Å². The van der Waals surface area contributed by atoms with Crippen LogP contribution in [0.2, 0.25) is 0 Å². The van der Waals surface area contributed by atoms with Gasteiger partial charge in [-0.15, -0.1) is 0 Å². The van der Waals surface area contributed by atoms with Crippen molar-refractivity contribution in [1.29, 1.82) is 0 Å². The van der Waals surface area contributed by atoms with Gasteiger partial charge in [-0.05, 0) is 88.5 Å². The number of carbonyl (C=O) groups excluding carboxylic acids is 2. The zero-order chi connectivity index (χ0) is 32.5. The molecule has 2 saturated carbocycles. The number of benzene rings is 1. The number of fused-ring (bicyclic) bond motifs is 1. The minimum Gasteiger partial charge on any atom is -0.494 e. The number of nitrogens with zero attached hydrogens (tertiary/aromatic N) is 5. The third-order valence-corrected chi connectivity index (χ3v) is 11.0. The molecule has 11 heteroatoms. The number of likely N-dealkylation sites (N-methyl/N-ethyl adjacent to an activating group) is 1. The number of rotatable bonds is 9. The maximum atomic E-state index is 13.6. The fourth-order valence-electron chi connectivity index (χ4n) is 8.11. The minimum atomic E-state index is -0.322. The van der Waals surface area contributed by atoms with E-state index in [1.165, 1.54) is 45.6 Å². The van der Waals surface area contributed by atoms with Gasteiger partial charge in [0, 0.05) is 71.1 Å². The van der Waals surface area contributed by atoms with Crippen LogP contribution in [0.3, 0.4) is 0 Å². The Kier molecular flexibility index (Phi) is 9.56. The highest BCUT2D eigenvalue weighted by Crippen LogP contribution is 2.39. The van der Waals surface area contributed by atoms with Gasteiger partial charge in [-0.2, -0.15) is 0 Å². The number of hydrogen-bond acceptors (Lipinski definition) is 9. The van der Waals surface area contributed by atoms with E-state index >= 15 is 0 Å². The monoisotopic (exact) mass is 645 g/mol. The molecule has 47 heavy (non-hydrogen) atoms. The predicted molar refractivity (Wildman–Crippen MR) is 184 cm³/mol. The van der Waals surface area contributed by atoms with Crippen LogP contribution in [0.15, 0.2) is 30.3 Å². The molecule has 4 fully saturated rings. The summed E-state index contributed by atoms with van der Waals surface area (Å²) in [7, 11) is 3.41. The van der Waals surface area contributed by atoms with E-state index in [0.717, 1.165) is 55.9 Å². The summed E-state index contributed by atoms with van der Waals surface area (Å²) in [6.07, 6.45) is 8.79. The molecule has 0 unspecified atom stereocenters. The number of hydrogen-bond donors (Lipinski definition) is 2. The lowest BCUT2D eigenvalue weighted by atomic mass is 9.89. The van der Waals surface area contributed by atoms with Crippen molar-refractivity contribution in [2.45, 2.75) is 82.5 Å². The molecule has 2 aromatic rings. The maximum Gasteiger partial charge on any atom is 0.255 e. The third kappa shape index (κ3) is 6.93. The van der Waals surface area contributed by atoms with Gasteiger partial charge in [0.1, 0.15) is 11.9 Å². The second-order valence-corrected chi connectivity index (χ2v) is 14.1. The van der Waals surface area contributed by atoms with Crippen LogP contribution in [0, 0.1) is 5.92 Å². The Morgan fingerprint density at radius 2 is 1.70 bits per heavy atom. The second-order valence-electron chi connectivity index (χ2n) is 14.1. The molecule has 254 valence electrons. The molecule has 1 aromatic carbocycles. The van der Waals surface area contributed by atoms with Crippen molar-refractivity contribution in [2.75, 3.05) is 75.2 Å². The van der Waals surface area contributed by atoms with Crippen LogP contribution in [0.1, 0.15) is 68.6 Å². The van der Waals surface area contributed by atoms with E-state index in [1.54, 1.807) is 12.0 Å². The fraction of sp³-hybridized carbons (Fsp3) is 0.639. The molecular formula is C36H51N7O4. The Labute approximate surface area is 278 Å². The first-order valence-electron chi connectivity index (χ1n) is 17.8. The van der Waals surface area contributed by atoms with E-state index in [9.17, 15) is 9.59 Å². The summed E-state index contributed by atoms with van der Waals surface area (Å²) in [4.78, 5) is 41.0. The lowest BCUT2D eigenvalue weighted by molar-refractivity contribution is -0.119. The molecule has 1 aromatic heterocycles. The Bertz CT molecular complexity index is 1430. The van der Waals surface area contributed by atoms with Crippen molar-refractivity contribution in [2.24, 2.45) is 5.92 Å². The Morgan fingerprint density at radius 3 is 2.40 bits per heavy atom. The van der Waals surface area contributed by atoms with Crippen LogP contribution in [0.25, 0.3) is 0 Å². The van der Waals surface area contributed by atoms with Crippen molar-refractivity contribution in [3.8, 4) is 5.75 Å². The van der Waals surface area contributed by atoms with Crippen LogP contribution in [0.5, 0.6) is 5.75 Å². The Balaban J connectivity index is 1.00. The van der Waals surface area contributed by atoms with Gasteiger partial charge < -0.3 is 34.8 Å². The summed E-state index contributed by atoms with van der Waals surface area (Å²) < 4.78 is 11.4. The van der Waals surface area contributed by atoms with Gasteiger partial charge in [0.15, 0.2) is 11.6 Å². The van der Waals surface area contributed by atoms with E-state index in [0.29, 0.717) is 42.1 Å². The molecule has 7 rings (SSSR count). The van der Waals surface area contributed by atoms with Gasteiger partial charge in [-0.25, -0.2) is 4.98 Å². The summed E-state index contributed by atoms with van der Waals surface area (Å²) in [5, 5.41) is 6.73. The standard InChI is InChI=1S/C36H51N7O4/c1-24-36(45)40(2)31-13-14-32(39-34(31)43(24)28-15-21-47-22-16-28)38-30-6-4-5-29(33(30)46-3)35(44)37-26-9-11-27(12-10-26)42-19-17-41(18-20-42)23-25-7-8-25/h4-6,13-14,24-28H,7-12,15-23H2,1-3H3,(H,37,44)(H,38,39)/t24-,26?,27?/m1/s1. The van der Waals surface area contributed by atoms with Crippen LogP contribution in [-0.4, -0.2) is 111 Å². The lowest BCUT2D eigenvalue weighted by Gasteiger charge is -2.44. The summed E-state index contributed by atoms with van der Waals surface area (Å²) in [6, 6.07) is 10.1. The number of ether oxygens (including phenoxy) is 2. The van der Waals surface area contributed by atoms with Crippen molar-refractivity contribution in [3.05, 3.63) is 35.9 Å². The number of carbonyl (C=O) groups is 2. The number of anilines is 4. The van der Waals surface area contributed by atoms with Crippen molar-refractivity contribution in [1.82, 2.24) is 20.1 Å². The SMILES string of the molecule is COc1c(Nc2ccc3c(n2)N(C2CCOCC2)[C@H](C)C(=O)N3C)cccc1C(=O)NC1CCC(N2CCN(CC3CC3)CC2)CC1. The number of piperazine rings is 1. The lowest BCUT2D eigenvalue weighted by Crippen LogP contribution is -2.56. The van der Waals surface area contributed by atoms with Crippen LogP contribution in [0.4, 0.5) is 23.0 Å². The summed E-state index contributed by atoms with van der Waals surface area (Å²) in [5.74, 6) is 2.80. The van der Waals surface area contributed by atoms with Gasteiger partial charge in [-0.3, -0.25) is 14.5 Å². The molecule has 11 nitrogen and oxygen atoms in total. The topological polar surface area (TPSA) is 103 Å². The van der Waals surface area contributed by atoms with Crippen LogP contribution >= 0.6 is 0 Å². The number of amides is 2. The van der Waals surface area contributed by atoms with E-state index in [2.05, 4.69) is 25.3 Å². The van der Waals surface area contributed by atoms with Crippen molar-refractivity contribution >= 4 is 34.8 Å². The number of pyridine rings is 1. The first-order valence-corrected chi connectivity index (χ1v) is 17.8. The molecule has 0 radical (unpaired) electrons. The third-order valence-electron chi connectivity index (χ3n) is 11.0. The van der Waals surface area contributed by atoms with E-state index < -0.39 is 0 Å². The van der Waals surface area contributed by atoms with Gasteiger partial charge in [0.05, 0.1) is 24.0 Å². The normalized spacial score (nSPS) is 26.2. The molecule has 2 N–H and O–H groups in total. The summed E-state index contributed by atoms with van der Waals surface area (Å²) >= 11 is 0. The zero-order valence-corrected chi connectivity index (χ0v) is 28.2. The second kappa shape index (κ2) is 14.0. The van der Waals surface area contributed by atoms with Gasteiger partial charge in [0.25, 0.3) is 5.91 Å². The average Bonchev–Trinajstić information content (AvgIpc) is 3.92. The van der Waals surface area contributed by atoms with Crippen LogP contribution in [-0.2, 0) is 9.53 Å². The molecule has 2 amide bonds. The molecule has 0 spiro atoms. The molecule has 2 aliphatic carbocycles. The first-order chi connectivity index (χ1) is 22.9. The van der Waals surface area contributed by atoms with Crippen molar-refractivity contribution < 1.29 is 19.1 Å². The molecule has 2 saturated heterocycles. The largest absolute Gasteiger partial charge is 0.494 e. The van der Waals surface area contributed by atoms with Gasteiger partial charge in [0.2, 0.25) is 5.91 Å². The predicted octanol–water partition coefficient (Wildman–Crippen LogP) is 4.25. The molecule has 3 aliphatic heterocycles. The highest BCUT2D eigenvalue weighted by Gasteiger charge is 2.39. The molecule has 5 aliphatic rings. The Hall–Kier alpha value is -3.41. The van der Waals surface area contributed by atoms with E-state index in [1.807, 2.05) is 44.3 Å². The minimum absolute atomic E-state index is 0.0577. The highest BCUT2D eigenvalue weighted by atomic mass is 16.5. The number of nitrogens with one attached hydrogen (secondary N) is 2. The van der Waals surface area contributed by atoms with E-state index in [-0.39, 0.29) is 29.9 Å². The number of para-hydroxylation sites is 1. The maximum absolute atomic E-state index is 13.6. The smallest absolute Gasteiger partial charge is 0.255 e.